The van der Waals surface area contributed by atoms with Crippen LogP contribution in [0.2, 0.25) is 0 Å². The molecule has 6 heteroatoms. The van der Waals surface area contributed by atoms with Crippen molar-refractivity contribution >= 4 is 11.6 Å². The van der Waals surface area contributed by atoms with Crippen molar-refractivity contribution in [3.63, 3.8) is 0 Å². The molecule has 0 saturated heterocycles. The highest BCUT2D eigenvalue weighted by atomic mass is 16.5. The molecule has 24 heavy (non-hydrogen) atoms. The van der Waals surface area contributed by atoms with Gasteiger partial charge in [-0.15, -0.1) is 0 Å². The highest BCUT2D eigenvalue weighted by molar-refractivity contribution is 6.46. The third-order valence-electron chi connectivity index (χ3n) is 3.76. The summed E-state index contributed by atoms with van der Waals surface area (Å²) in [5.41, 5.74) is -0.139. The van der Waals surface area contributed by atoms with E-state index >= 15 is 0 Å². The van der Waals surface area contributed by atoms with Crippen LogP contribution in [0.3, 0.4) is 0 Å². The van der Waals surface area contributed by atoms with Crippen LogP contribution in [0.15, 0.2) is 47.3 Å². The van der Waals surface area contributed by atoms with Crippen LogP contribution in [-0.2, 0) is 4.79 Å². The van der Waals surface area contributed by atoms with Gasteiger partial charge in [0.2, 0.25) is 17.0 Å². The third kappa shape index (κ3) is 2.52. The van der Waals surface area contributed by atoms with E-state index in [0.29, 0.717) is 17.1 Å². The molecule has 1 unspecified atom stereocenters. The molecule has 1 atom stereocenters. The predicted octanol–water partition coefficient (Wildman–Crippen LogP) is 1.95. The van der Waals surface area contributed by atoms with Crippen LogP contribution in [0.1, 0.15) is 22.0 Å². The van der Waals surface area contributed by atoms with Crippen molar-refractivity contribution < 1.29 is 23.8 Å². The molecule has 122 valence electrons. The van der Waals surface area contributed by atoms with Gasteiger partial charge in [0.25, 0.3) is 0 Å². The maximum atomic E-state index is 12.5. The first-order chi connectivity index (χ1) is 11.6. The Morgan fingerprint density at radius 1 is 0.958 bits per heavy atom. The fourth-order valence-corrected chi connectivity index (χ4v) is 2.54. The van der Waals surface area contributed by atoms with E-state index < -0.39 is 23.1 Å². The first kappa shape index (κ1) is 15.7. The average molecular weight is 326 g/mol. The standard InChI is InChI=1S/C18H14O6/c1-22-10-7-8-11(14(9-10)23-2)18-16(21)15(20)12-5-3-4-6-13(19)17(12)24-18/h3-9,18H,1-2H3. The third-order valence-corrected chi connectivity index (χ3v) is 3.76. The number of Topliss-reactive ketones (excluding diaryl/α,β-unsaturated/α-hetero) is 2. The molecule has 0 bridgehead atoms. The van der Waals surface area contributed by atoms with E-state index in [2.05, 4.69) is 0 Å². The molecule has 2 aromatic rings. The molecule has 0 amide bonds. The predicted molar refractivity (Wildman–Crippen MR) is 85.0 cm³/mol. The molecular formula is C18H14O6. The van der Waals surface area contributed by atoms with Crippen LogP contribution in [0.4, 0.5) is 0 Å². The van der Waals surface area contributed by atoms with E-state index in [1.165, 1.54) is 38.5 Å². The summed E-state index contributed by atoms with van der Waals surface area (Å²) in [7, 11) is 2.93. The molecule has 0 aliphatic carbocycles. The minimum Gasteiger partial charge on any atom is -0.497 e. The minimum absolute atomic E-state index is 0.0290. The Hall–Kier alpha value is -3.15. The molecule has 1 aliphatic rings. The number of hydrogen-bond donors (Lipinski definition) is 0. The Bertz CT molecular complexity index is 887. The Labute approximate surface area is 137 Å². The average Bonchev–Trinajstić information content (AvgIpc) is 2.79. The number of benzene rings is 1. The van der Waals surface area contributed by atoms with Crippen molar-refractivity contribution in [1.29, 1.82) is 0 Å². The zero-order valence-corrected chi connectivity index (χ0v) is 13.1. The van der Waals surface area contributed by atoms with Crippen molar-refractivity contribution in [3.05, 3.63) is 63.8 Å². The fourth-order valence-electron chi connectivity index (χ4n) is 2.54. The van der Waals surface area contributed by atoms with E-state index in [-0.39, 0.29) is 11.3 Å². The van der Waals surface area contributed by atoms with Crippen LogP contribution in [-0.4, -0.2) is 25.8 Å². The molecular weight excluding hydrogens is 312 g/mol. The summed E-state index contributed by atoms with van der Waals surface area (Å²) in [6.07, 6.45) is -1.24. The SMILES string of the molecule is COc1ccc(C2Oc3c(ccccc3=O)C(=O)C2=O)c(OC)c1. The number of hydrogen-bond acceptors (Lipinski definition) is 6. The van der Waals surface area contributed by atoms with Gasteiger partial charge in [-0.3, -0.25) is 14.4 Å². The second-order valence-corrected chi connectivity index (χ2v) is 5.12. The normalized spacial score (nSPS) is 16.2. The largest absolute Gasteiger partial charge is 0.497 e. The van der Waals surface area contributed by atoms with Crippen molar-refractivity contribution in [2.24, 2.45) is 0 Å². The molecule has 0 saturated carbocycles. The van der Waals surface area contributed by atoms with Gasteiger partial charge in [0.05, 0.1) is 19.8 Å². The summed E-state index contributed by atoms with van der Waals surface area (Å²) in [6.45, 7) is 0. The lowest BCUT2D eigenvalue weighted by atomic mass is 9.95. The summed E-state index contributed by atoms with van der Waals surface area (Å²) in [5, 5.41) is 0. The lowest BCUT2D eigenvalue weighted by Crippen LogP contribution is -2.33. The molecule has 0 radical (unpaired) electrons. The fraction of sp³-hybridized carbons (Fsp3) is 0.167. The van der Waals surface area contributed by atoms with Crippen LogP contribution in [0.5, 0.6) is 17.2 Å². The van der Waals surface area contributed by atoms with Crippen LogP contribution in [0, 0.1) is 0 Å². The molecule has 0 aromatic heterocycles. The number of rotatable bonds is 3. The molecule has 0 spiro atoms. The Balaban J connectivity index is 2.15. The van der Waals surface area contributed by atoms with Gasteiger partial charge < -0.3 is 14.2 Å². The molecule has 2 aromatic carbocycles. The molecule has 6 nitrogen and oxygen atoms in total. The number of methoxy groups -OCH3 is 2. The van der Waals surface area contributed by atoms with Crippen molar-refractivity contribution in [2.75, 3.05) is 14.2 Å². The van der Waals surface area contributed by atoms with Crippen LogP contribution >= 0.6 is 0 Å². The van der Waals surface area contributed by atoms with Gasteiger partial charge in [-0.1, -0.05) is 12.1 Å². The zero-order valence-electron chi connectivity index (χ0n) is 13.1. The van der Waals surface area contributed by atoms with E-state index in [1.807, 2.05) is 0 Å². The van der Waals surface area contributed by atoms with Crippen molar-refractivity contribution in [2.45, 2.75) is 6.10 Å². The molecule has 1 aliphatic heterocycles. The lowest BCUT2D eigenvalue weighted by Gasteiger charge is -2.24. The minimum atomic E-state index is -1.24. The number of ketones is 2. The first-order valence-corrected chi connectivity index (χ1v) is 7.17. The monoisotopic (exact) mass is 326 g/mol. The molecule has 1 heterocycles. The van der Waals surface area contributed by atoms with Crippen LogP contribution < -0.4 is 19.6 Å². The Kier molecular flexibility index (Phi) is 4.04. The van der Waals surface area contributed by atoms with Crippen molar-refractivity contribution in [1.82, 2.24) is 0 Å². The van der Waals surface area contributed by atoms with Gasteiger partial charge >= 0.3 is 0 Å². The molecule has 0 N–H and O–H groups in total. The van der Waals surface area contributed by atoms with E-state index in [4.69, 9.17) is 14.2 Å². The van der Waals surface area contributed by atoms with Gasteiger partial charge in [-0.2, -0.15) is 0 Å². The van der Waals surface area contributed by atoms with E-state index in [0.717, 1.165) is 0 Å². The van der Waals surface area contributed by atoms with Gasteiger partial charge in [-0.25, -0.2) is 0 Å². The molecule has 0 fully saturated rings. The first-order valence-electron chi connectivity index (χ1n) is 7.17. The van der Waals surface area contributed by atoms with E-state index in [1.54, 1.807) is 18.2 Å². The highest BCUT2D eigenvalue weighted by Crippen LogP contribution is 2.36. The summed E-state index contributed by atoms with van der Waals surface area (Å²) < 4.78 is 16.0. The van der Waals surface area contributed by atoms with Crippen molar-refractivity contribution in [3.8, 4) is 17.2 Å². The number of ether oxygens (including phenoxy) is 3. The number of carbonyl (C=O) groups is 2. The highest BCUT2D eigenvalue weighted by Gasteiger charge is 2.38. The maximum absolute atomic E-state index is 12.5. The van der Waals surface area contributed by atoms with Gasteiger partial charge in [0.1, 0.15) is 11.5 Å². The Morgan fingerprint density at radius 2 is 1.71 bits per heavy atom. The maximum Gasteiger partial charge on any atom is 0.248 e. The number of carbonyl (C=O) groups excluding carboxylic acids is 2. The zero-order chi connectivity index (χ0) is 17.3. The van der Waals surface area contributed by atoms with Gasteiger partial charge in [-0.05, 0) is 24.3 Å². The lowest BCUT2D eigenvalue weighted by molar-refractivity contribution is -0.122. The summed E-state index contributed by atoms with van der Waals surface area (Å²) >= 11 is 0. The van der Waals surface area contributed by atoms with Gasteiger partial charge in [0.15, 0.2) is 11.9 Å². The quantitative estimate of drug-likeness (QED) is 0.802. The second kappa shape index (κ2) is 6.16. The van der Waals surface area contributed by atoms with Crippen LogP contribution in [0.25, 0.3) is 0 Å². The summed E-state index contributed by atoms with van der Waals surface area (Å²) in [5.74, 6) is -0.783. The second-order valence-electron chi connectivity index (χ2n) is 5.12. The van der Waals surface area contributed by atoms with Gasteiger partial charge in [0, 0.05) is 11.6 Å². The van der Waals surface area contributed by atoms with E-state index in [9.17, 15) is 14.4 Å². The smallest absolute Gasteiger partial charge is 0.248 e. The summed E-state index contributed by atoms with van der Waals surface area (Å²) in [4.78, 5) is 36.9. The molecule has 3 rings (SSSR count). The topological polar surface area (TPSA) is 78.9 Å². The summed E-state index contributed by atoms with van der Waals surface area (Å²) in [6, 6.07) is 10.5. The number of fused-ring (bicyclic) bond motifs is 1. The Morgan fingerprint density at radius 3 is 2.42 bits per heavy atom.